The summed E-state index contributed by atoms with van der Waals surface area (Å²) in [5.41, 5.74) is 2.98. The van der Waals surface area contributed by atoms with Crippen molar-refractivity contribution in [2.75, 3.05) is 5.88 Å². The normalized spacial score (nSPS) is 11.3. The maximum absolute atomic E-state index is 5.99. The molecule has 104 valence electrons. The smallest absolute Gasteiger partial charge is 0.160 e. The van der Waals surface area contributed by atoms with E-state index in [2.05, 4.69) is 32.9 Å². The lowest BCUT2D eigenvalue weighted by Gasteiger charge is -2.07. The number of imidazole rings is 1. The molecule has 3 aromatic rings. The third-order valence-electron chi connectivity index (χ3n) is 3.22. The maximum atomic E-state index is 5.99. The summed E-state index contributed by atoms with van der Waals surface area (Å²) in [4.78, 5) is 10.4. The molecule has 0 aliphatic carbocycles. The summed E-state index contributed by atoms with van der Waals surface area (Å²) in [7, 11) is 0. The molecule has 0 spiro atoms. The molecule has 0 N–H and O–H groups in total. The second-order valence-corrected chi connectivity index (χ2v) is 6.39. The van der Waals surface area contributed by atoms with Gasteiger partial charge in [-0.1, -0.05) is 11.6 Å². The van der Waals surface area contributed by atoms with E-state index in [4.69, 9.17) is 23.2 Å². The van der Waals surface area contributed by atoms with Crippen molar-refractivity contribution in [2.24, 2.45) is 0 Å². The second kappa shape index (κ2) is 5.72. The third-order valence-corrected chi connectivity index (χ3v) is 4.62. The van der Waals surface area contributed by atoms with E-state index < -0.39 is 0 Å². The zero-order valence-electron chi connectivity index (χ0n) is 10.9. The fourth-order valence-corrected chi connectivity index (χ4v) is 3.40. The zero-order valence-corrected chi connectivity index (χ0v) is 13.3. The van der Waals surface area contributed by atoms with Crippen LogP contribution < -0.4 is 0 Å². The van der Waals surface area contributed by atoms with Gasteiger partial charge in [0.15, 0.2) is 5.65 Å². The lowest BCUT2D eigenvalue weighted by molar-refractivity contribution is 0.753. The molecule has 20 heavy (non-hydrogen) atoms. The van der Waals surface area contributed by atoms with E-state index in [0.717, 1.165) is 30.0 Å². The Morgan fingerprint density at radius 3 is 2.95 bits per heavy atom. The van der Waals surface area contributed by atoms with Crippen molar-refractivity contribution >= 4 is 45.7 Å². The van der Waals surface area contributed by atoms with Crippen LogP contribution in [-0.2, 0) is 13.0 Å². The van der Waals surface area contributed by atoms with Crippen LogP contribution in [0.4, 0.5) is 0 Å². The predicted molar refractivity (Wildman–Crippen MR) is 85.1 cm³/mol. The zero-order chi connectivity index (χ0) is 14.1. The number of nitrogens with zero attached hydrogens (tertiary/aromatic N) is 3. The summed E-state index contributed by atoms with van der Waals surface area (Å²) in [6.45, 7) is 2.90. The van der Waals surface area contributed by atoms with Crippen molar-refractivity contribution in [3.8, 4) is 0 Å². The first kappa shape index (κ1) is 13.9. The van der Waals surface area contributed by atoms with Gasteiger partial charge in [-0.2, -0.15) is 0 Å². The third kappa shape index (κ3) is 2.55. The standard InChI is InChI=1S/C14H13Cl2N3S/c1-9-3-5-20-12(9)8-19-13(2-4-15)18-11-6-10(16)7-17-14(11)19/h3,5-7H,2,4,8H2,1H3. The van der Waals surface area contributed by atoms with Gasteiger partial charge in [-0.3, -0.25) is 0 Å². The number of halogens is 2. The van der Waals surface area contributed by atoms with Crippen molar-refractivity contribution in [3.63, 3.8) is 0 Å². The highest BCUT2D eigenvalue weighted by Crippen LogP contribution is 2.23. The number of hydrogen-bond donors (Lipinski definition) is 0. The first-order valence-electron chi connectivity index (χ1n) is 6.28. The first-order valence-corrected chi connectivity index (χ1v) is 8.08. The first-order chi connectivity index (χ1) is 9.69. The molecule has 6 heteroatoms. The molecule has 0 saturated heterocycles. The Hall–Kier alpha value is -1.10. The number of hydrogen-bond acceptors (Lipinski definition) is 3. The number of rotatable bonds is 4. The SMILES string of the molecule is Cc1ccsc1Cn1c(CCCl)nc2cc(Cl)cnc21. The highest BCUT2D eigenvalue weighted by atomic mass is 35.5. The van der Waals surface area contributed by atoms with Gasteiger partial charge in [0, 0.05) is 23.4 Å². The number of fused-ring (bicyclic) bond motifs is 1. The summed E-state index contributed by atoms with van der Waals surface area (Å²) in [5, 5.41) is 2.71. The van der Waals surface area contributed by atoms with E-state index in [1.807, 2.05) is 6.07 Å². The highest BCUT2D eigenvalue weighted by molar-refractivity contribution is 7.10. The minimum atomic E-state index is 0.542. The van der Waals surface area contributed by atoms with E-state index >= 15 is 0 Å². The van der Waals surface area contributed by atoms with Crippen LogP contribution in [0.25, 0.3) is 11.2 Å². The van der Waals surface area contributed by atoms with Gasteiger partial charge in [0.25, 0.3) is 0 Å². The molecule has 0 fully saturated rings. The van der Waals surface area contributed by atoms with E-state index in [1.54, 1.807) is 17.5 Å². The molecule has 0 saturated carbocycles. The monoisotopic (exact) mass is 325 g/mol. The van der Waals surface area contributed by atoms with Crippen molar-refractivity contribution in [1.29, 1.82) is 0 Å². The summed E-state index contributed by atoms with van der Waals surface area (Å²) >= 11 is 13.6. The molecular formula is C14H13Cl2N3S. The topological polar surface area (TPSA) is 30.7 Å². The highest BCUT2D eigenvalue weighted by Gasteiger charge is 2.13. The van der Waals surface area contributed by atoms with Gasteiger partial charge in [0.2, 0.25) is 0 Å². The molecule has 3 rings (SSSR count). The molecule has 0 aliphatic rings. The van der Waals surface area contributed by atoms with Gasteiger partial charge in [0.05, 0.1) is 11.6 Å². The van der Waals surface area contributed by atoms with E-state index in [1.165, 1.54) is 10.4 Å². The van der Waals surface area contributed by atoms with Crippen LogP contribution in [0.5, 0.6) is 0 Å². The molecule has 0 unspecified atom stereocenters. The van der Waals surface area contributed by atoms with E-state index in [-0.39, 0.29) is 0 Å². The van der Waals surface area contributed by atoms with Crippen molar-refractivity contribution in [2.45, 2.75) is 19.9 Å². The van der Waals surface area contributed by atoms with Crippen molar-refractivity contribution < 1.29 is 0 Å². The summed E-state index contributed by atoms with van der Waals surface area (Å²) in [5.74, 6) is 1.50. The number of alkyl halides is 1. The Morgan fingerprint density at radius 2 is 2.25 bits per heavy atom. The molecular weight excluding hydrogens is 313 g/mol. The summed E-state index contributed by atoms with van der Waals surface area (Å²) in [6.07, 6.45) is 2.38. The number of pyridine rings is 1. The molecule has 3 nitrogen and oxygen atoms in total. The average molecular weight is 326 g/mol. The molecule has 0 amide bonds. The molecule has 0 atom stereocenters. The molecule has 3 aromatic heterocycles. The van der Waals surface area contributed by atoms with Gasteiger partial charge in [0.1, 0.15) is 11.3 Å². The van der Waals surface area contributed by atoms with Crippen LogP contribution in [0.3, 0.4) is 0 Å². The Balaban J connectivity index is 2.11. The van der Waals surface area contributed by atoms with Crippen LogP contribution in [0.15, 0.2) is 23.7 Å². The van der Waals surface area contributed by atoms with Crippen molar-refractivity contribution in [3.05, 3.63) is 45.0 Å². The number of aromatic nitrogens is 3. The van der Waals surface area contributed by atoms with Crippen LogP contribution >= 0.6 is 34.5 Å². The van der Waals surface area contributed by atoms with Crippen LogP contribution in [0, 0.1) is 6.92 Å². The van der Waals surface area contributed by atoms with E-state index in [0.29, 0.717) is 10.9 Å². The minimum absolute atomic E-state index is 0.542. The maximum Gasteiger partial charge on any atom is 0.160 e. The van der Waals surface area contributed by atoms with Gasteiger partial charge < -0.3 is 4.57 Å². The van der Waals surface area contributed by atoms with Crippen molar-refractivity contribution in [1.82, 2.24) is 14.5 Å². The molecule has 0 bridgehead atoms. The fraction of sp³-hybridized carbons (Fsp3) is 0.286. The summed E-state index contributed by atoms with van der Waals surface area (Å²) < 4.78 is 2.13. The lowest BCUT2D eigenvalue weighted by Crippen LogP contribution is -2.06. The Kier molecular flexibility index (Phi) is 3.96. The fourth-order valence-electron chi connectivity index (χ4n) is 2.18. The van der Waals surface area contributed by atoms with Gasteiger partial charge in [-0.25, -0.2) is 9.97 Å². The van der Waals surface area contributed by atoms with Gasteiger partial charge >= 0.3 is 0 Å². The second-order valence-electron chi connectivity index (χ2n) is 4.58. The van der Waals surface area contributed by atoms with Gasteiger partial charge in [-0.15, -0.1) is 22.9 Å². The molecule has 0 aromatic carbocycles. The lowest BCUT2D eigenvalue weighted by atomic mass is 10.3. The quantitative estimate of drug-likeness (QED) is 0.670. The minimum Gasteiger partial charge on any atom is -0.307 e. The van der Waals surface area contributed by atoms with Crippen LogP contribution in [-0.4, -0.2) is 20.4 Å². The van der Waals surface area contributed by atoms with Gasteiger partial charge in [-0.05, 0) is 30.0 Å². The van der Waals surface area contributed by atoms with Crippen LogP contribution in [0.2, 0.25) is 5.02 Å². The largest absolute Gasteiger partial charge is 0.307 e. The molecule has 0 radical (unpaired) electrons. The number of thiophene rings is 1. The number of aryl methyl sites for hydroxylation is 2. The molecule has 3 heterocycles. The average Bonchev–Trinajstić information content (AvgIpc) is 2.96. The Bertz CT molecular complexity index is 748. The van der Waals surface area contributed by atoms with Crippen LogP contribution in [0.1, 0.15) is 16.3 Å². The predicted octanol–water partition coefficient (Wildman–Crippen LogP) is 4.28. The molecule has 0 aliphatic heterocycles. The summed E-state index contributed by atoms with van der Waals surface area (Å²) in [6, 6.07) is 3.98. The Labute approximate surface area is 131 Å². The Morgan fingerprint density at radius 1 is 1.40 bits per heavy atom. The van der Waals surface area contributed by atoms with E-state index in [9.17, 15) is 0 Å².